The van der Waals surface area contributed by atoms with Gasteiger partial charge in [0.2, 0.25) is 0 Å². The van der Waals surface area contributed by atoms with Crippen molar-refractivity contribution in [3.63, 3.8) is 0 Å². The predicted molar refractivity (Wildman–Crippen MR) is 109 cm³/mol. The number of aromatic nitrogens is 1. The molecule has 1 aliphatic rings. The molecule has 1 aliphatic heterocycles. The van der Waals surface area contributed by atoms with Crippen molar-refractivity contribution in [1.82, 2.24) is 10.3 Å². The zero-order valence-electron chi connectivity index (χ0n) is 15.9. The van der Waals surface area contributed by atoms with Crippen LogP contribution in [0.25, 0.3) is 0 Å². The summed E-state index contributed by atoms with van der Waals surface area (Å²) in [5, 5.41) is 3.05. The SMILES string of the molecule is CCN(CCCNC(=O)c1cccnc1N1CCOCC1)c1ccccc1. The molecular weight excluding hydrogens is 340 g/mol. The van der Waals surface area contributed by atoms with Crippen LogP contribution in [0.2, 0.25) is 0 Å². The molecule has 0 atom stereocenters. The van der Waals surface area contributed by atoms with Gasteiger partial charge in [-0.2, -0.15) is 0 Å². The van der Waals surface area contributed by atoms with Gasteiger partial charge < -0.3 is 19.9 Å². The maximum absolute atomic E-state index is 12.7. The van der Waals surface area contributed by atoms with Crippen LogP contribution in [0.5, 0.6) is 0 Å². The summed E-state index contributed by atoms with van der Waals surface area (Å²) in [6.07, 6.45) is 2.63. The zero-order chi connectivity index (χ0) is 18.9. The van der Waals surface area contributed by atoms with E-state index in [0.717, 1.165) is 38.4 Å². The highest BCUT2D eigenvalue weighted by Gasteiger charge is 2.19. The number of pyridine rings is 1. The summed E-state index contributed by atoms with van der Waals surface area (Å²) in [7, 11) is 0. The first-order valence-corrected chi connectivity index (χ1v) is 9.65. The molecule has 1 aromatic heterocycles. The van der Waals surface area contributed by atoms with Gasteiger partial charge in [0.05, 0.1) is 18.8 Å². The van der Waals surface area contributed by atoms with Gasteiger partial charge in [0.15, 0.2) is 0 Å². The molecule has 2 heterocycles. The van der Waals surface area contributed by atoms with Crippen LogP contribution in [0.15, 0.2) is 48.7 Å². The van der Waals surface area contributed by atoms with E-state index in [1.165, 1.54) is 5.69 Å². The number of anilines is 2. The fourth-order valence-electron chi connectivity index (χ4n) is 3.28. The average molecular weight is 368 g/mol. The molecule has 0 aliphatic carbocycles. The Kier molecular flexibility index (Phi) is 7.04. The Bertz CT molecular complexity index is 717. The van der Waals surface area contributed by atoms with Gasteiger partial charge in [-0.3, -0.25) is 4.79 Å². The molecule has 144 valence electrons. The fraction of sp³-hybridized carbons (Fsp3) is 0.429. The van der Waals surface area contributed by atoms with Crippen molar-refractivity contribution >= 4 is 17.4 Å². The molecule has 0 spiro atoms. The summed E-state index contributed by atoms with van der Waals surface area (Å²) >= 11 is 0. The van der Waals surface area contributed by atoms with Crippen LogP contribution in [0.1, 0.15) is 23.7 Å². The highest BCUT2D eigenvalue weighted by atomic mass is 16.5. The van der Waals surface area contributed by atoms with Gasteiger partial charge in [-0.1, -0.05) is 18.2 Å². The van der Waals surface area contributed by atoms with Gasteiger partial charge in [0.1, 0.15) is 5.82 Å². The third kappa shape index (κ3) is 5.20. The maximum Gasteiger partial charge on any atom is 0.255 e. The van der Waals surface area contributed by atoms with Crippen molar-refractivity contribution in [2.24, 2.45) is 0 Å². The highest BCUT2D eigenvalue weighted by Crippen LogP contribution is 2.18. The van der Waals surface area contributed by atoms with Crippen molar-refractivity contribution in [3.8, 4) is 0 Å². The number of rotatable bonds is 8. The summed E-state index contributed by atoms with van der Waals surface area (Å²) in [5.74, 6) is 0.685. The molecule has 3 rings (SSSR count). The summed E-state index contributed by atoms with van der Waals surface area (Å²) in [5.41, 5.74) is 1.85. The molecule has 6 heteroatoms. The van der Waals surface area contributed by atoms with E-state index < -0.39 is 0 Å². The molecule has 2 aromatic rings. The van der Waals surface area contributed by atoms with E-state index >= 15 is 0 Å². The van der Waals surface area contributed by atoms with Crippen LogP contribution in [0, 0.1) is 0 Å². The van der Waals surface area contributed by atoms with E-state index in [0.29, 0.717) is 25.3 Å². The number of hydrogen-bond acceptors (Lipinski definition) is 5. The van der Waals surface area contributed by atoms with Gasteiger partial charge >= 0.3 is 0 Å². The van der Waals surface area contributed by atoms with Gasteiger partial charge in [-0.15, -0.1) is 0 Å². The first kappa shape index (κ1) is 19.2. The zero-order valence-corrected chi connectivity index (χ0v) is 15.9. The van der Waals surface area contributed by atoms with Crippen molar-refractivity contribution in [3.05, 3.63) is 54.2 Å². The number of ether oxygens (including phenoxy) is 1. The van der Waals surface area contributed by atoms with E-state index in [9.17, 15) is 4.79 Å². The second kappa shape index (κ2) is 9.92. The molecule has 1 N–H and O–H groups in total. The summed E-state index contributed by atoms with van der Waals surface area (Å²) < 4.78 is 5.40. The summed E-state index contributed by atoms with van der Waals surface area (Å²) in [4.78, 5) is 21.5. The standard InChI is InChI=1S/C21H28N4O2/c1-2-24(18-8-4-3-5-9-18)13-7-12-23-21(26)19-10-6-11-22-20(19)25-14-16-27-17-15-25/h3-6,8-11H,2,7,12-17H2,1H3,(H,23,26). The Morgan fingerprint density at radius 1 is 1.19 bits per heavy atom. The normalized spacial score (nSPS) is 14.0. The first-order valence-electron chi connectivity index (χ1n) is 9.65. The summed E-state index contributed by atoms with van der Waals surface area (Å²) in [6, 6.07) is 14.0. The molecule has 6 nitrogen and oxygen atoms in total. The van der Waals surface area contributed by atoms with Gasteiger partial charge in [-0.25, -0.2) is 4.98 Å². The first-order chi connectivity index (χ1) is 13.3. The Hall–Kier alpha value is -2.60. The number of nitrogens with zero attached hydrogens (tertiary/aromatic N) is 3. The predicted octanol–water partition coefficient (Wildman–Crippen LogP) is 2.56. The minimum Gasteiger partial charge on any atom is -0.378 e. The lowest BCUT2D eigenvalue weighted by Gasteiger charge is -2.29. The number of amides is 1. The minimum atomic E-state index is -0.0626. The highest BCUT2D eigenvalue weighted by molar-refractivity contribution is 5.98. The molecule has 1 amide bonds. The van der Waals surface area contributed by atoms with Crippen molar-refractivity contribution in [2.45, 2.75) is 13.3 Å². The molecule has 1 saturated heterocycles. The average Bonchev–Trinajstić information content (AvgIpc) is 2.75. The molecular formula is C21H28N4O2. The maximum atomic E-state index is 12.7. The lowest BCUT2D eigenvalue weighted by molar-refractivity contribution is 0.0951. The van der Waals surface area contributed by atoms with Crippen LogP contribution >= 0.6 is 0 Å². The largest absolute Gasteiger partial charge is 0.378 e. The van der Waals surface area contributed by atoms with Crippen LogP contribution < -0.4 is 15.1 Å². The van der Waals surface area contributed by atoms with Crippen LogP contribution in [-0.4, -0.2) is 56.8 Å². The van der Waals surface area contributed by atoms with Crippen LogP contribution in [-0.2, 0) is 4.74 Å². The van der Waals surface area contributed by atoms with Crippen LogP contribution in [0.4, 0.5) is 11.5 Å². The van der Waals surface area contributed by atoms with E-state index in [4.69, 9.17) is 4.74 Å². The molecule has 0 unspecified atom stereocenters. The fourth-order valence-corrected chi connectivity index (χ4v) is 3.28. The lowest BCUT2D eigenvalue weighted by Crippen LogP contribution is -2.38. The number of hydrogen-bond donors (Lipinski definition) is 1. The Balaban J connectivity index is 1.52. The number of benzene rings is 1. The number of nitrogens with one attached hydrogen (secondary N) is 1. The van der Waals surface area contributed by atoms with Crippen molar-refractivity contribution in [2.75, 3.05) is 55.7 Å². The molecule has 27 heavy (non-hydrogen) atoms. The quantitative estimate of drug-likeness (QED) is 0.726. The number of carbonyl (C=O) groups is 1. The molecule has 1 fully saturated rings. The Morgan fingerprint density at radius 2 is 1.96 bits per heavy atom. The van der Waals surface area contributed by atoms with E-state index in [-0.39, 0.29) is 5.91 Å². The Labute approximate surface area is 161 Å². The summed E-state index contributed by atoms with van der Waals surface area (Å²) in [6.45, 7) is 7.51. The van der Waals surface area contributed by atoms with E-state index in [2.05, 4.69) is 51.3 Å². The smallest absolute Gasteiger partial charge is 0.255 e. The molecule has 0 radical (unpaired) electrons. The third-order valence-corrected chi connectivity index (χ3v) is 4.74. The Morgan fingerprint density at radius 3 is 2.70 bits per heavy atom. The van der Waals surface area contributed by atoms with Gasteiger partial charge in [0, 0.05) is 44.6 Å². The second-order valence-corrected chi connectivity index (χ2v) is 6.50. The third-order valence-electron chi connectivity index (χ3n) is 4.74. The van der Waals surface area contributed by atoms with Crippen molar-refractivity contribution in [1.29, 1.82) is 0 Å². The number of morpholine rings is 1. The second-order valence-electron chi connectivity index (χ2n) is 6.50. The van der Waals surface area contributed by atoms with Gasteiger partial charge in [-0.05, 0) is 37.6 Å². The number of para-hydroxylation sites is 1. The molecule has 0 saturated carbocycles. The monoisotopic (exact) mass is 368 g/mol. The van der Waals surface area contributed by atoms with Crippen LogP contribution in [0.3, 0.4) is 0 Å². The minimum absolute atomic E-state index is 0.0626. The van der Waals surface area contributed by atoms with E-state index in [1.54, 1.807) is 6.20 Å². The molecule has 1 aromatic carbocycles. The van der Waals surface area contributed by atoms with Crippen molar-refractivity contribution < 1.29 is 9.53 Å². The molecule has 0 bridgehead atoms. The topological polar surface area (TPSA) is 57.7 Å². The van der Waals surface area contributed by atoms with E-state index in [1.807, 2.05) is 18.2 Å². The number of carbonyl (C=O) groups excluding carboxylic acids is 1. The van der Waals surface area contributed by atoms with Gasteiger partial charge in [0.25, 0.3) is 5.91 Å². The lowest BCUT2D eigenvalue weighted by atomic mass is 10.2.